The number of methoxy groups -OCH3 is 1. The summed E-state index contributed by atoms with van der Waals surface area (Å²) in [5.74, 6) is 1.67. The summed E-state index contributed by atoms with van der Waals surface area (Å²) in [7, 11) is 3.57. The lowest BCUT2D eigenvalue weighted by molar-refractivity contribution is 0.00983. The van der Waals surface area contributed by atoms with E-state index >= 15 is 0 Å². The van der Waals surface area contributed by atoms with Crippen LogP contribution in [0.15, 0.2) is 4.99 Å². The molecule has 6 nitrogen and oxygen atoms in total. The average Bonchev–Trinajstić information content (AvgIpc) is 2.59. The average molecular weight is 344 g/mol. The van der Waals surface area contributed by atoms with E-state index in [4.69, 9.17) is 14.2 Å². The quantitative estimate of drug-likeness (QED) is 0.354. The molecule has 1 heterocycles. The monoisotopic (exact) mass is 343 g/mol. The Hall–Kier alpha value is -0.850. The molecule has 0 atom stereocenters. The largest absolute Gasteiger partial charge is 0.385 e. The zero-order chi connectivity index (χ0) is 17.6. The van der Waals surface area contributed by atoms with Gasteiger partial charge < -0.3 is 24.4 Å². The number of rotatable bonds is 11. The first-order valence-electron chi connectivity index (χ1n) is 9.31. The molecule has 0 aliphatic carbocycles. The fourth-order valence-corrected chi connectivity index (χ4v) is 2.68. The van der Waals surface area contributed by atoms with Crippen LogP contribution < -0.4 is 5.32 Å². The summed E-state index contributed by atoms with van der Waals surface area (Å²) in [6, 6.07) is 0. The molecule has 6 heteroatoms. The molecule has 0 aromatic carbocycles. The maximum atomic E-state index is 5.90. The topological polar surface area (TPSA) is 55.3 Å². The van der Waals surface area contributed by atoms with Crippen LogP contribution in [0.2, 0.25) is 0 Å². The summed E-state index contributed by atoms with van der Waals surface area (Å²) >= 11 is 0. The number of hydrogen-bond donors (Lipinski definition) is 1. The van der Waals surface area contributed by atoms with Gasteiger partial charge >= 0.3 is 0 Å². The molecule has 142 valence electrons. The van der Waals surface area contributed by atoms with Crippen LogP contribution >= 0.6 is 0 Å². The van der Waals surface area contributed by atoms with Crippen LogP contribution in [-0.4, -0.2) is 77.2 Å². The Labute approximate surface area is 147 Å². The van der Waals surface area contributed by atoms with E-state index in [1.165, 1.54) is 0 Å². The third-order valence-electron chi connectivity index (χ3n) is 4.17. The summed E-state index contributed by atoms with van der Waals surface area (Å²) in [5, 5.41) is 3.40. The van der Waals surface area contributed by atoms with Gasteiger partial charge in [0.1, 0.15) is 0 Å². The number of likely N-dealkylation sites (tertiary alicyclic amines) is 1. The van der Waals surface area contributed by atoms with Crippen molar-refractivity contribution < 1.29 is 14.2 Å². The molecule has 0 spiro atoms. The fourth-order valence-electron chi connectivity index (χ4n) is 2.68. The van der Waals surface area contributed by atoms with Crippen molar-refractivity contribution in [3.63, 3.8) is 0 Å². The number of ether oxygens (including phenoxy) is 3. The molecule has 0 amide bonds. The van der Waals surface area contributed by atoms with E-state index in [-0.39, 0.29) is 0 Å². The number of hydrogen-bond acceptors (Lipinski definition) is 4. The zero-order valence-corrected chi connectivity index (χ0v) is 16.1. The van der Waals surface area contributed by atoms with Gasteiger partial charge in [-0.05, 0) is 31.6 Å². The minimum atomic E-state index is 0.371. The van der Waals surface area contributed by atoms with Crippen LogP contribution in [0, 0.1) is 5.92 Å². The van der Waals surface area contributed by atoms with Crippen LogP contribution in [0.25, 0.3) is 0 Å². The number of piperidine rings is 1. The van der Waals surface area contributed by atoms with Crippen LogP contribution in [0.5, 0.6) is 0 Å². The van der Waals surface area contributed by atoms with Crippen LogP contribution in [0.3, 0.4) is 0 Å². The second kappa shape index (κ2) is 13.4. The van der Waals surface area contributed by atoms with Crippen LogP contribution in [0.4, 0.5) is 0 Å². The van der Waals surface area contributed by atoms with Crippen molar-refractivity contribution in [3.8, 4) is 0 Å². The maximum absolute atomic E-state index is 5.90. The van der Waals surface area contributed by atoms with Gasteiger partial charge in [0, 0.05) is 53.6 Å². The SMILES string of the molecule is CN=C(NCCOCCC(C)C)N1CCC(OCCCOC)CC1. The van der Waals surface area contributed by atoms with Crippen molar-refractivity contribution in [1.82, 2.24) is 10.2 Å². The Kier molecular flexibility index (Phi) is 11.9. The highest BCUT2D eigenvalue weighted by Gasteiger charge is 2.21. The van der Waals surface area contributed by atoms with Crippen molar-refractivity contribution >= 4 is 5.96 Å². The summed E-state index contributed by atoms with van der Waals surface area (Å²) in [6.07, 6.45) is 4.57. The lowest BCUT2D eigenvalue weighted by Crippen LogP contribution is -2.47. The lowest BCUT2D eigenvalue weighted by atomic mass is 10.1. The second-order valence-corrected chi connectivity index (χ2v) is 6.67. The Morgan fingerprint density at radius 2 is 1.92 bits per heavy atom. The number of aliphatic imine (C=N–C) groups is 1. The minimum absolute atomic E-state index is 0.371. The van der Waals surface area contributed by atoms with Crippen molar-refractivity contribution in [2.75, 3.05) is 60.2 Å². The first kappa shape index (κ1) is 21.2. The van der Waals surface area contributed by atoms with Gasteiger partial charge in [0.05, 0.1) is 12.7 Å². The van der Waals surface area contributed by atoms with Gasteiger partial charge in [-0.1, -0.05) is 13.8 Å². The van der Waals surface area contributed by atoms with Gasteiger partial charge in [0.15, 0.2) is 5.96 Å². The van der Waals surface area contributed by atoms with Crippen LogP contribution in [-0.2, 0) is 14.2 Å². The maximum Gasteiger partial charge on any atom is 0.193 e. The molecule has 24 heavy (non-hydrogen) atoms. The number of nitrogens with zero attached hydrogens (tertiary/aromatic N) is 2. The molecule has 0 aromatic rings. The Balaban J connectivity index is 2.12. The van der Waals surface area contributed by atoms with Gasteiger partial charge in [-0.2, -0.15) is 0 Å². The third-order valence-corrected chi connectivity index (χ3v) is 4.17. The smallest absolute Gasteiger partial charge is 0.193 e. The Bertz CT molecular complexity index is 329. The summed E-state index contributed by atoms with van der Waals surface area (Å²) < 4.78 is 16.6. The fraction of sp³-hybridized carbons (Fsp3) is 0.944. The first-order chi connectivity index (χ1) is 11.7. The normalized spacial score (nSPS) is 16.9. The highest BCUT2D eigenvalue weighted by molar-refractivity contribution is 5.79. The Morgan fingerprint density at radius 1 is 1.17 bits per heavy atom. The van der Waals surface area contributed by atoms with Gasteiger partial charge in [0.25, 0.3) is 0 Å². The van der Waals surface area contributed by atoms with E-state index in [1.807, 2.05) is 7.05 Å². The molecule has 1 aliphatic rings. The highest BCUT2D eigenvalue weighted by atomic mass is 16.5. The lowest BCUT2D eigenvalue weighted by Gasteiger charge is -2.34. The molecule has 0 saturated carbocycles. The van der Waals surface area contributed by atoms with Crippen molar-refractivity contribution in [1.29, 1.82) is 0 Å². The van der Waals surface area contributed by atoms with Gasteiger partial charge in [-0.15, -0.1) is 0 Å². The Morgan fingerprint density at radius 3 is 2.54 bits per heavy atom. The number of nitrogens with one attached hydrogen (secondary N) is 1. The highest BCUT2D eigenvalue weighted by Crippen LogP contribution is 2.14. The van der Waals surface area contributed by atoms with Crippen molar-refractivity contribution in [2.45, 2.75) is 45.6 Å². The van der Waals surface area contributed by atoms with E-state index in [9.17, 15) is 0 Å². The summed E-state index contributed by atoms with van der Waals surface area (Å²) in [5.41, 5.74) is 0. The van der Waals surface area contributed by atoms with Crippen molar-refractivity contribution in [2.24, 2.45) is 10.9 Å². The molecule has 1 saturated heterocycles. The molecule has 1 aliphatic heterocycles. The predicted molar refractivity (Wildman–Crippen MR) is 98.7 cm³/mol. The zero-order valence-electron chi connectivity index (χ0n) is 16.1. The molecule has 1 fully saturated rings. The molecular weight excluding hydrogens is 306 g/mol. The van der Waals surface area contributed by atoms with Gasteiger partial charge in [0.2, 0.25) is 0 Å². The van der Waals surface area contributed by atoms with E-state index < -0.39 is 0 Å². The van der Waals surface area contributed by atoms with E-state index in [0.29, 0.717) is 12.0 Å². The second-order valence-electron chi connectivity index (χ2n) is 6.67. The first-order valence-corrected chi connectivity index (χ1v) is 9.31. The molecule has 0 unspecified atom stereocenters. The summed E-state index contributed by atoms with van der Waals surface area (Å²) in [4.78, 5) is 6.70. The molecule has 0 aromatic heterocycles. The standard InChI is InChI=1S/C18H37N3O3/c1-16(2)8-14-23-15-9-20-18(19-3)21-10-6-17(7-11-21)24-13-5-12-22-4/h16-17H,5-15H2,1-4H3,(H,19,20). The minimum Gasteiger partial charge on any atom is -0.385 e. The predicted octanol–water partition coefficient (Wildman–Crippen LogP) is 2.14. The van der Waals surface area contributed by atoms with E-state index in [0.717, 1.165) is 77.7 Å². The third kappa shape index (κ3) is 9.45. The van der Waals surface area contributed by atoms with Crippen LogP contribution in [0.1, 0.15) is 39.5 Å². The van der Waals surface area contributed by atoms with Gasteiger partial charge in [-0.25, -0.2) is 0 Å². The molecule has 0 radical (unpaired) electrons. The van der Waals surface area contributed by atoms with E-state index in [1.54, 1.807) is 7.11 Å². The molecular formula is C18H37N3O3. The summed E-state index contributed by atoms with van der Waals surface area (Å²) in [6.45, 7) is 10.3. The molecule has 1 rings (SSSR count). The van der Waals surface area contributed by atoms with Gasteiger partial charge in [-0.3, -0.25) is 4.99 Å². The van der Waals surface area contributed by atoms with E-state index in [2.05, 4.69) is 29.1 Å². The molecule has 0 bridgehead atoms. The molecule has 1 N–H and O–H groups in total. The van der Waals surface area contributed by atoms with Crippen molar-refractivity contribution in [3.05, 3.63) is 0 Å². The number of guanidine groups is 1.